The molecule has 0 aromatic carbocycles. The van der Waals surface area contributed by atoms with Gasteiger partial charge in [-0.3, -0.25) is 4.98 Å². The minimum absolute atomic E-state index is 0.351. The van der Waals surface area contributed by atoms with Crippen LogP contribution in [0.1, 0.15) is 31.2 Å². The number of hydrogen-bond donors (Lipinski definition) is 1. The van der Waals surface area contributed by atoms with Gasteiger partial charge in [0.1, 0.15) is 0 Å². The predicted molar refractivity (Wildman–Crippen MR) is 69.3 cm³/mol. The summed E-state index contributed by atoms with van der Waals surface area (Å²) in [6.07, 6.45) is 6.73. The smallest absolute Gasteiger partial charge is 0.229 e. The maximum absolute atomic E-state index is 9.89. The number of aliphatic hydroxyl groups is 1. The Morgan fingerprint density at radius 1 is 1.47 bits per heavy atom. The van der Waals surface area contributed by atoms with Gasteiger partial charge in [-0.1, -0.05) is 12.1 Å². The Labute approximate surface area is 111 Å². The van der Waals surface area contributed by atoms with E-state index in [1.54, 1.807) is 6.20 Å². The number of aliphatic hydroxyl groups excluding tert-OH is 1. The van der Waals surface area contributed by atoms with E-state index < -0.39 is 0 Å². The van der Waals surface area contributed by atoms with Crippen molar-refractivity contribution in [3.8, 4) is 11.4 Å². The van der Waals surface area contributed by atoms with Crippen molar-refractivity contribution in [2.24, 2.45) is 5.92 Å². The second-order valence-electron chi connectivity index (χ2n) is 5.01. The van der Waals surface area contributed by atoms with E-state index >= 15 is 0 Å². The lowest BCUT2D eigenvalue weighted by Crippen LogP contribution is -2.12. The molecule has 1 aliphatic carbocycles. The van der Waals surface area contributed by atoms with Crippen LogP contribution in [0.15, 0.2) is 23.0 Å². The molecule has 1 unspecified atom stereocenters. The largest absolute Gasteiger partial charge is 0.392 e. The topological polar surface area (TPSA) is 72.0 Å². The Bertz CT molecular complexity index is 563. The van der Waals surface area contributed by atoms with Crippen molar-refractivity contribution in [3.63, 3.8) is 0 Å². The fourth-order valence-corrected chi connectivity index (χ4v) is 2.20. The molecular formula is C14H17N3O2. The fraction of sp³-hybridized carbons (Fsp3) is 0.500. The lowest BCUT2D eigenvalue weighted by atomic mass is 10.1. The van der Waals surface area contributed by atoms with Crippen LogP contribution >= 0.6 is 0 Å². The van der Waals surface area contributed by atoms with E-state index in [1.807, 2.05) is 12.3 Å². The predicted octanol–water partition coefficient (Wildman–Crippen LogP) is 2.01. The average molecular weight is 259 g/mol. The highest BCUT2D eigenvalue weighted by molar-refractivity contribution is 5.58. The zero-order valence-electron chi connectivity index (χ0n) is 10.9. The summed E-state index contributed by atoms with van der Waals surface area (Å²) in [5, 5.41) is 13.9. The molecule has 19 heavy (non-hydrogen) atoms. The molecule has 3 rings (SSSR count). The highest BCUT2D eigenvalue weighted by Crippen LogP contribution is 2.34. The van der Waals surface area contributed by atoms with Crippen LogP contribution in [-0.2, 0) is 12.8 Å². The first-order chi connectivity index (χ1) is 9.28. The van der Waals surface area contributed by atoms with Crippen LogP contribution in [0, 0.1) is 5.92 Å². The van der Waals surface area contributed by atoms with Gasteiger partial charge in [-0.15, -0.1) is 0 Å². The Morgan fingerprint density at radius 2 is 2.32 bits per heavy atom. The van der Waals surface area contributed by atoms with Crippen LogP contribution in [0.5, 0.6) is 0 Å². The van der Waals surface area contributed by atoms with Gasteiger partial charge >= 0.3 is 0 Å². The molecule has 1 atom stereocenters. The third-order valence-corrected chi connectivity index (χ3v) is 3.54. The van der Waals surface area contributed by atoms with Gasteiger partial charge < -0.3 is 9.63 Å². The summed E-state index contributed by atoms with van der Waals surface area (Å²) in [6, 6.07) is 1.89. The van der Waals surface area contributed by atoms with Gasteiger partial charge in [0.2, 0.25) is 11.7 Å². The van der Waals surface area contributed by atoms with E-state index in [2.05, 4.69) is 22.0 Å². The Balaban J connectivity index is 1.80. The van der Waals surface area contributed by atoms with Crippen LogP contribution in [0.4, 0.5) is 0 Å². The summed E-state index contributed by atoms with van der Waals surface area (Å²) < 4.78 is 5.23. The first-order valence-corrected chi connectivity index (χ1v) is 6.72. The van der Waals surface area contributed by atoms with Gasteiger partial charge in [0.05, 0.1) is 12.5 Å². The third-order valence-electron chi connectivity index (χ3n) is 3.54. The van der Waals surface area contributed by atoms with Crippen molar-refractivity contribution < 1.29 is 9.63 Å². The second-order valence-corrected chi connectivity index (χ2v) is 5.01. The quantitative estimate of drug-likeness (QED) is 0.889. The fourth-order valence-electron chi connectivity index (χ4n) is 2.20. The third kappa shape index (κ3) is 2.66. The Hall–Kier alpha value is -1.75. The van der Waals surface area contributed by atoms with Crippen LogP contribution in [-0.4, -0.2) is 26.3 Å². The van der Waals surface area contributed by atoms with Crippen molar-refractivity contribution >= 4 is 0 Å². The molecule has 0 bridgehead atoms. The van der Waals surface area contributed by atoms with Gasteiger partial charge in [-0.05, 0) is 36.8 Å². The van der Waals surface area contributed by atoms with Crippen LogP contribution in [0.3, 0.4) is 0 Å². The number of rotatable bonds is 5. The maximum Gasteiger partial charge on any atom is 0.229 e. The number of pyridine rings is 1. The van der Waals surface area contributed by atoms with Crippen molar-refractivity contribution in [2.45, 2.75) is 38.7 Å². The van der Waals surface area contributed by atoms with Gasteiger partial charge in [0.15, 0.2) is 0 Å². The molecule has 1 aliphatic rings. The van der Waals surface area contributed by atoms with E-state index in [9.17, 15) is 5.11 Å². The molecule has 2 aromatic rings. The number of nitrogens with zero attached hydrogens (tertiary/aromatic N) is 3. The highest BCUT2D eigenvalue weighted by atomic mass is 16.5. The molecule has 5 nitrogen and oxygen atoms in total. The van der Waals surface area contributed by atoms with Crippen LogP contribution in [0.2, 0.25) is 0 Å². The van der Waals surface area contributed by atoms with Crippen LogP contribution < -0.4 is 0 Å². The highest BCUT2D eigenvalue weighted by Gasteiger charge is 2.31. The zero-order chi connectivity index (χ0) is 13.2. The summed E-state index contributed by atoms with van der Waals surface area (Å²) in [6.45, 7) is 2.07. The lowest BCUT2D eigenvalue weighted by Gasteiger charge is -2.03. The van der Waals surface area contributed by atoms with Crippen molar-refractivity contribution in [1.29, 1.82) is 0 Å². The molecule has 1 N–H and O–H groups in total. The first kappa shape index (κ1) is 12.3. The maximum atomic E-state index is 9.89. The summed E-state index contributed by atoms with van der Waals surface area (Å²) >= 11 is 0. The molecule has 0 spiro atoms. The molecular weight excluding hydrogens is 242 g/mol. The SMILES string of the molecule is CCc1cnccc1-c1noc(CC(O)C2CC2)n1. The number of hydrogen-bond acceptors (Lipinski definition) is 5. The van der Waals surface area contributed by atoms with Gasteiger partial charge in [0, 0.05) is 18.0 Å². The molecule has 100 valence electrons. The monoisotopic (exact) mass is 259 g/mol. The number of aromatic nitrogens is 3. The van der Waals surface area contributed by atoms with E-state index in [0.717, 1.165) is 30.4 Å². The van der Waals surface area contributed by atoms with Crippen molar-refractivity contribution in [3.05, 3.63) is 29.9 Å². The summed E-state index contributed by atoms with van der Waals surface area (Å²) in [4.78, 5) is 8.48. The molecule has 1 fully saturated rings. The molecule has 2 aromatic heterocycles. The van der Waals surface area contributed by atoms with E-state index in [4.69, 9.17) is 4.52 Å². The van der Waals surface area contributed by atoms with Gasteiger partial charge in [0.25, 0.3) is 0 Å². The van der Waals surface area contributed by atoms with Gasteiger partial charge in [-0.2, -0.15) is 4.98 Å². The Kier molecular flexibility index (Phi) is 3.29. The summed E-state index contributed by atoms with van der Waals surface area (Å²) in [5.74, 6) is 1.51. The average Bonchev–Trinajstić information content (AvgIpc) is 3.20. The molecule has 2 heterocycles. The molecule has 0 saturated heterocycles. The molecule has 5 heteroatoms. The minimum Gasteiger partial charge on any atom is -0.392 e. The van der Waals surface area contributed by atoms with Crippen molar-refractivity contribution in [1.82, 2.24) is 15.1 Å². The van der Waals surface area contributed by atoms with Gasteiger partial charge in [-0.25, -0.2) is 0 Å². The standard InChI is InChI=1S/C14H17N3O2/c1-2-9-8-15-6-5-11(9)14-16-13(19-17-14)7-12(18)10-3-4-10/h5-6,8,10,12,18H,2-4,7H2,1H3. The zero-order valence-corrected chi connectivity index (χ0v) is 10.9. The minimum atomic E-state index is -0.351. The second kappa shape index (κ2) is 5.09. The Morgan fingerprint density at radius 3 is 3.05 bits per heavy atom. The van der Waals surface area contributed by atoms with E-state index in [-0.39, 0.29) is 6.10 Å². The normalized spacial score (nSPS) is 16.5. The summed E-state index contributed by atoms with van der Waals surface area (Å²) in [5.41, 5.74) is 2.05. The molecule has 0 aliphatic heterocycles. The molecule has 0 amide bonds. The summed E-state index contributed by atoms with van der Waals surface area (Å²) in [7, 11) is 0. The van der Waals surface area contributed by atoms with Crippen LogP contribution in [0.25, 0.3) is 11.4 Å². The molecule has 1 saturated carbocycles. The number of aryl methyl sites for hydroxylation is 1. The van der Waals surface area contributed by atoms with Crippen molar-refractivity contribution in [2.75, 3.05) is 0 Å². The van der Waals surface area contributed by atoms with E-state index in [1.165, 1.54) is 0 Å². The lowest BCUT2D eigenvalue weighted by molar-refractivity contribution is 0.140. The van der Waals surface area contributed by atoms with E-state index in [0.29, 0.717) is 24.1 Å². The molecule has 0 radical (unpaired) electrons. The first-order valence-electron chi connectivity index (χ1n) is 6.72.